The number of carbonyl (C=O) groups excluding carboxylic acids is 2. The third-order valence-corrected chi connectivity index (χ3v) is 2.70. The minimum absolute atomic E-state index is 0.0643. The second-order valence-corrected chi connectivity index (χ2v) is 5.63. The first kappa shape index (κ1) is 15.8. The summed E-state index contributed by atoms with van der Waals surface area (Å²) in [7, 11) is 0. The summed E-state index contributed by atoms with van der Waals surface area (Å²) < 4.78 is 10.2. The maximum Gasteiger partial charge on any atom is 0.407 e. The molecule has 0 aromatic rings. The lowest BCUT2D eigenvalue weighted by molar-refractivity contribution is -0.146. The Labute approximate surface area is 114 Å². The lowest BCUT2D eigenvalue weighted by atomic mass is 10.00. The molecule has 110 valence electrons. The molecule has 19 heavy (non-hydrogen) atoms. The molecule has 1 aliphatic heterocycles. The van der Waals surface area contributed by atoms with E-state index in [4.69, 9.17) is 9.47 Å². The van der Waals surface area contributed by atoms with Crippen LogP contribution in [0.1, 0.15) is 40.5 Å². The summed E-state index contributed by atoms with van der Waals surface area (Å²) in [4.78, 5) is 23.3. The highest BCUT2D eigenvalue weighted by molar-refractivity contribution is 5.76. The molecule has 1 amide bonds. The van der Waals surface area contributed by atoms with E-state index in [2.05, 4.69) is 10.6 Å². The molecule has 0 saturated carbocycles. The Bertz CT molecular complexity index is 325. The number of alkyl carbamates (subject to hydrolysis) is 1. The fourth-order valence-corrected chi connectivity index (χ4v) is 1.95. The zero-order valence-electron chi connectivity index (χ0n) is 12.1. The zero-order valence-corrected chi connectivity index (χ0v) is 12.1. The van der Waals surface area contributed by atoms with E-state index < -0.39 is 11.7 Å². The molecule has 0 aromatic heterocycles. The molecule has 1 saturated heterocycles. The van der Waals surface area contributed by atoms with E-state index in [-0.39, 0.29) is 18.1 Å². The molecule has 0 bridgehead atoms. The molecule has 1 heterocycles. The summed E-state index contributed by atoms with van der Waals surface area (Å²) in [6, 6.07) is -0.417. The van der Waals surface area contributed by atoms with Crippen molar-refractivity contribution in [2.45, 2.75) is 58.2 Å². The Morgan fingerprint density at radius 1 is 1.37 bits per heavy atom. The van der Waals surface area contributed by atoms with Crippen molar-refractivity contribution in [1.82, 2.24) is 10.6 Å². The Morgan fingerprint density at radius 2 is 2.05 bits per heavy atom. The van der Waals surface area contributed by atoms with Crippen LogP contribution in [-0.2, 0) is 14.3 Å². The molecule has 0 radical (unpaired) electrons. The summed E-state index contributed by atoms with van der Waals surface area (Å²) in [5, 5.41) is 5.88. The minimum atomic E-state index is -0.516. The SMILES string of the molecule is CCOC(=O)[C@@H]1C[C@@H](NC(=O)OC(C)(C)C)CCN1. The van der Waals surface area contributed by atoms with Gasteiger partial charge in [-0.1, -0.05) is 0 Å². The van der Waals surface area contributed by atoms with Gasteiger partial charge in [-0.3, -0.25) is 4.79 Å². The molecule has 6 heteroatoms. The molecule has 1 aliphatic rings. The number of amides is 1. The van der Waals surface area contributed by atoms with E-state index in [0.717, 1.165) is 6.42 Å². The van der Waals surface area contributed by atoms with Crippen LogP contribution >= 0.6 is 0 Å². The van der Waals surface area contributed by atoms with Gasteiger partial charge in [0, 0.05) is 6.04 Å². The van der Waals surface area contributed by atoms with Crippen LogP contribution in [0.3, 0.4) is 0 Å². The van der Waals surface area contributed by atoms with Gasteiger partial charge in [-0.15, -0.1) is 0 Å². The van der Waals surface area contributed by atoms with Crippen molar-refractivity contribution in [3.8, 4) is 0 Å². The fourth-order valence-electron chi connectivity index (χ4n) is 1.95. The van der Waals surface area contributed by atoms with Gasteiger partial charge in [0.25, 0.3) is 0 Å². The van der Waals surface area contributed by atoms with Gasteiger partial charge in [0.2, 0.25) is 0 Å². The van der Waals surface area contributed by atoms with Crippen molar-refractivity contribution in [3.63, 3.8) is 0 Å². The first-order valence-electron chi connectivity index (χ1n) is 6.71. The molecule has 0 spiro atoms. The summed E-state index contributed by atoms with van der Waals surface area (Å²) in [6.45, 7) is 8.26. The van der Waals surface area contributed by atoms with E-state index in [1.54, 1.807) is 6.92 Å². The highest BCUT2D eigenvalue weighted by atomic mass is 16.6. The zero-order chi connectivity index (χ0) is 14.5. The van der Waals surface area contributed by atoms with Gasteiger partial charge < -0.3 is 20.1 Å². The maximum absolute atomic E-state index is 11.7. The number of hydrogen-bond donors (Lipinski definition) is 2. The van der Waals surface area contributed by atoms with Crippen molar-refractivity contribution in [3.05, 3.63) is 0 Å². The summed E-state index contributed by atoms with van der Waals surface area (Å²) in [5.41, 5.74) is -0.516. The molecular formula is C13H24N2O4. The number of nitrogens with one attached hydrogen (secondary N) is 2. The monoisotopic (exact) mass is 272 g/mol. The fraction of sp³-hybridized carbons (Fsp3) is 0.846. The molecule has 0 unspecified atom stereocenters. The van der Waals surface area contributed by atoms with E-state index in [1.165, 1.54) is 0 Å². The second kappa shape index (κ2) is 6.75. The van der Waals surface area contributed by atoms with E-state index in [9.17, 15) is 9.59 Å². The van der Waals surface area contributed by atoms with Crippen LogP contribution in [0.5, 0.6) is 0 Å². The first-order chi connectivity index (χ1) is 8.81. The van der Waals surface area contributed by atoms with Gasteiger partial charge >= 0.3 is 12.1 Å². The molecule has 2 atom stereocenters. The largest absolute Gasteiger partial charge is 0.465 e. The lowest BCUT2D eigenvalue weighted by Gasteiger charge is -2.30. The molecule has 0 aromatic carbocycles. The van der Waals surface area contributed by atoms with E-state index >= 15 is 0 Å². The smallest absolute Gasteiger partial charge is 0.407 e. The van der Waals surface area contributed by atoms with E-state index in [0.29, 0.717) is 19.6 Å². The average Bonchev–Trinajstić information content (AvgIpc) is 2.27. The predicted molar refractivity (Wildman–Crippen MR) is 70.8 cm³/mol. The van der Waals surface area contributed by atoms with Crippen LogP contribution in [0.15, 0.2) is 0 Å². The minimum Gasteiger partial charge on any atom is -0.465 e. The number of ether oxygens (including phenoxy) is 2. The summed E-state index contributed by atoms with van der Waals surface area (Å²) >= 11 is 0. The molecule has 6 nitrogen and oxygen atoms in total. The standard InChI is InChI=1S/C13H24N2O4/c1-5-18-11(16)10-8-9(6-7-14-10)15-12(17)19-13(2,3)4/h9-10,14H,5-8H2,1-4H3,(H,15,17)/t9-,10-/m0/s1. The maximum atomic E-state index is 11.7. The number of hydrogen-bond acceptors (Lipinski definition) is 5. The molecule has 1 rings (SSSR count). The van der Waals surface area contributed by atoms with Crippen molar-refractivity contribution in [1.29, 1.82) is 0 Å². The number of rotatable bonds is 3. The number of esters is 1. The first-order valence-corrected chi connectivity index (χ1v) is 6.71. The quantitative estimate of drug-likeness (QED) is 0.755. The third kappa shape index (κ3) is 5.92. The van der Waals surface area contributed by atoms with Gasteiger partial charge in [-0.2, -0.15) is 0 Å². The van der Waals surface area contributed by atoms with Crippen LogP contribution in [0.2, 0.25) is 0 Å². The Kier molecular flexibility index (Phi) is 5.60. The lowest BCUT2D eigenvalue weighted by Crippen LogP contribution is -2.51. The van der Waals surface area contributed by atoms with Gasteiger partial charge in [0.05, 0.1) is 6.61 Å². The molecular weight excluding hydrogens is 248 g/mol. The number of piperidine rings is 1. The summed E-state index contributed by atoms with van der Waals surface area (Å²) in [5.74, 6) is -0.266. The van der Waals surface area contributed by atoms with Crippen LogP contribution < -0.4 is 10.6 Å². The van der Waals surface area contributed by atoms with Crippen LogP contribution in [0, 0.1) is 0 Å². The average molecular weight is 272 g/mol. The van der Waals surface area contributed by atoms with Gasteiger partial charge in [0.15, 0.2) is 0 Å². The van der Waals surface area contributed by atoms with Crippen LogP contribution in [-0.4, -0.2) is 42.9 Å². The Balaban J connectivity index is 2.42. The van der Waals surface area contributed by atoms with Gasteiger partial charge in [0.1, 0.15) is 11.6 Å². The molecule has 1 fully saturated rings. The highest BCUT2D eigenvalue weighted by Crippen LogP contribution is 2.12. The number of carbonyl (C=O) groups is 2. The van der Waals surface area contributed by atoms with Crippen molar-refractivity contribution < 1.29 is 19.1 Å². The third-order valence-electron chi connectivity index (χ3n) is 2.70. The van der Waals surface area contributed by atoms with E-state index in [1.807, 2.05) is 20.8 Å². The Morgan fingerprint density at radius 3 is 2.63 bits per heavy atom. The topological polar surface area (TPSA) is 76.7 Å². The molecule has 2 N–H and O–H groups in total. The van der Waals surface area contributed by atoms with Gasteiger partial charge in [-0.05, 0) is 47.1 Å². The Hall–Kier alpha value is -1.30. The normalized spacial score (nSPS) is 23.6. The predicted octanol–water partition coefficient (Wildman–Crippen LogP) is 1.19. The highest BCUT2D eigenvalue weighted by Gasteiger charge is 2.29. The van der Waals surface area contributed by atoms with Gasteiger partial charge in [-0.25, -0.2) is 4.79 Å². The van der Waals surface area contributed by atoms with Crippen molar-refractivity contribution in [2.75, 3.05) is 13.2 Å². The van der Waals surface area contributed by atoms with Crippen molar-refractivity contribution in [2.24, 2.45) is 0 Å². The molecule has 0 aliphatic carbocycles. The van der Waals surface area contributed by atoms with Crippen LogP contribution in [0.4, 0.5) is 4.79 Å². The summed E-state index contributed by atoms with van der Waals surface area (Å²) in [6.07, 6.45) is 0.856. The van der Waals surface area contributed by atoms with Crippen molar-refractivity contribution >= 4 is 12.1 Å². The second-order valence-electron chi connectivity index (χ2n) is 5.63. The van der Waals surface area contributed by atoms with Crippen LogP contribution in [0.25, 0.3) is 0 Å².